The molecule has 0 aromatic heterocycles. The molecule has 3 amide bonds. The van der Waals surface area contributed by atoms with Crippen LogP contribution >= 0.6 is 0 Å². The molecule has 1 atom stereocenters. The van der Waals surface area contributed by atoms with E-state index in [2.05, 4.69) is 10.2 Å². The van der Waals surface area contributed by atoms with E-state index in [1.165, 1.54) is 0 Å². The van der Waals surface area contributed by atoms with Crippen LogP contribution in [0.2, 0.25) is 0 Å². The van der Waals surface area contributed by atoms with Crippen LogP contribution < -0.4 is 15.1 Å². The van der Waals surface area contributed by atoms with Crippen molar-refractivity contribution in [2.75, 3.05) is 36.0 Å². The van der Waals surface area contributed by atoms with Gasteiger partial charge in [-0.05, 0) is 65.2 Å². The molecular weight excluding hydrogens is 368 g/mol. The third-order valence-corrected chi connectivity index (χ3v) is 5.68. The third kappa shape index (κ3) is 4.23. The lowest BCUT2D eigenvalue weighted by Crippen LogP contribution is -2.57. The van der Waals surface area contributed by atoms with Gasteiger partial charge in [-0.15, -0.1) is 0 Å². The fraction of sp³-hybridized carbons (Fsp3) is 0.591. The molecule has 7 heteroatoms. The summed E-state index contributed by atoms with van der Waals surface area (Å²) in [5.41, 5.74) is 2.14. The topological polar surface area (TPSA) is 73.0 Å². The highest BCUT2D eigenvalue weighted by molar-refractivity contribution is 6.09. The zero-order valence-corrected chi connectivity index (χ0v) is 17.9. The first kappa shape index (κ1) is 21.1. The first-order valence-corrected chi connectivity index (χ1v) is 10.7. The molecule has 0 radical (unpaired) electrons. The van der Waals surface area contributed by atoms with Gasteiger partial charge in [0.15, 0.2) is 0 Å². The quantitative estimate of drug-likeness (QED) is 0.796. The van der Waals surface area contributed by atoms with Crippen LogP contribution in [0.25, 0.3) is 0 Å². The summed E-state index contributed by atoms with van der Waals surface area (Å²) in [6.07, 6.45) is 2.84. The molecular formula is C22H32N4O3. The number of fused-ring (bicyclic) bond motifs is 3. The van der Waals surface area contributed by atoms with Crippen molar-refractivity contribution in [2.45, 2.75) is 59.0 Å². The lowest BCUT2D eigenvalue weighted by Gasteiger charge is -2.45. The summed E-state index contributed by atoms with van der Waals surface area (Å²) in [5, 5.41) is 2.87. The average molecular weight is 401 g/mol. The number of piperidine rings is 1. The molecule has 1 unspecified atom stereocenters. The highest BCUT2D eigenvalue weighted by Crippen LogP contribution is 2.40. The van der Waals surface area contributed by atoms with Crippen molar-refractivity contribution < 1.29 is 14.4 Å². The molecule has 7 nitrogen and oxygen atoms in total. The van der Waals surface area contributed by atoms with Crippen LogP contribution in [0.5, 0.6) is 0 Å². The Morgan fingerprint density at radius 3 is 2.55 bits per heavy atom. The molecule has 2 aliphatic heterocycles. The Kier molecular flexibility index (Phi) is 6.45. The van der Waals surface area contributed by atoms with Gasteiger partial charge in [-0.2, -0.15) is 0 Å². The number of nitrogens with one attached hydrogen (secondary N) is 1. The molecule has 1 fully saturated rings. The van der Waals surface area contributed by atoms with Crippen LogP contribution in [0.3, 0.4) is 0 Å². The van der Waals surface area contributed by atoms with E-state index < -0.39 is 0 Å². The van der Waals surface area contributed by atoms with E-state index in [1.54, 1.807) is 15.9 Å². The minimum absolute atomic E-state index is 0.00335. The Balaban J connectivity index is 2.00. The summed E-state index contributed by atoms with van der Waals surface area (Å²) in [6.45, 7) is 9.73. The van der Waals surface area contributed by atoms with Crippen LogP contribution in [-0.4, -0.2) is 60.9 Å². The first-order valence-electron chi connectivity index (χ1n) is 10.7. The van der Waals surface area contributed by atoms with Crippen LogP contribution in [0.15, 0.2) is 18.2 Å². The monoisotopic (exact) mass is 400 g/mol. The number of amides is 3. The van der Waals surface area contributed by atoms with Gasteiger partial charge < -0.3 is 15.1 Å². The highest BCUT2D eigenvalue weighted by Gasteiger charge is 2.40. The lowest BCUT2D eigenvalue weighted by molar-refractivity contribution is -0.125. The van der Waals surface area contributed by atoms with E-state index in [4.69, 9.17) is 0 Å². The van der Waals surface area contributed by atoms with E-state index in [9.17, 15) is 14.4 Å². The molecule has 2 heterocycles. The molecule has 1 N–H and O–H groups in total. The maximum atomic E-state index is 13.3. The Labute approximate surface area is 173 Å². The zero-order valence-electron chi connectivity index (χ0n) is 17.9. The van der Waals surface area contributed by atoms with Crippen molar-refractivity contribution >= 4 is 29.1 Å². The molecule has 0 aliphatic carbocycles. The summed E-state index contributed by atoms with van der Waals surface area (Å²) in [4.78, 5) is 44.1. The Morgan fingerprint density at radius 2 is 1.90 bits per heavy atom. The summed E-state index contributed by atoms with van der Waals surface area (Å²) in [7, 11) is 0. The number of carbonyl (C=O) groups is 3. The highest BCUT2D eigenvalue weighted by atomic mass is 16.2. The van der Waals surface area contributed by atoms with Crippen molar-refractivity contribution in [1.82, 2.24) is 10.2 Å². The minimum Gasteiger partial charge on any atom is -0.358 e. The van der Waals surface area contributed by atoms with E-state index in [0.717, 1.165) is 31.5 Å². The van der Waals surface area contributed by atoms with Gasteiger partial charge in [0, 0.05) is 31.2 Å². The second-order valence-corrected chi connectivity index (χ2v) is 8.03. The second kappa shape index (κ2) is 8.84. The third-order valence-electron chi connectivity index (χ3n) is 5.68. The van der Waals surface area contributed by atoms with Gasteiger partial charge in [-0.1, -0.05) is 0 Å². The normalized spacial score (nSPS) is 18.4. The Bertz CT molecular complexity index is 788. The van der Waals surface area contributed by atoms with Crippen molar-refractivity contribution in [1.29, 1.82) is 0 Å². The predicted molar refractivity (Wildman–Crippen MR) is 114 cm³/mol. The maximum Gasteiger partial charge on any atom is 0.253 e. The largest absolute Gasteiger partial charge is 0.358 e. The molecule has 0 bridgehead atoms. The number of benzene rings is 1. The molecule has 29 heavy (non-hydrogen) atoms. The summed E-state index contributed by atoms with van der Waals surface area (Å²) in [5.74, 6) is -0.301. The van der Waals surface area contributed by atoms with Gasteiger partial charge in [-0.25, -0.2) is 0 Å². The molecule has 0 spiro atoms. The van der Waals surface area contributed by atoms with Gasteiger partial charge in [0.25, 0.3) is 5.91 Å². The van der Waals surface area contributed by atoms with Gasteiger partial charge in [0.05, 0.1) is 11.4 Å². The second-order valence-electron chi connectivity index (χ2n) is 8.03. The Morgan fingerprint density at radius 1 is 1.17 bits per heavy atom. The molecule has 2 aliphatic rings. The van der Waals surface area contributed by atoms with Crippen LogP contribution in [0, 0.1) is 0 Å². The minimum atomic E-state index is -0.229. The van der Waals surface area contributed by atoms with Crippen molar-refractivity contribution in [3.8, 4) is 0 Å². The van der Waals surface area contributed by atoms with Crippen LogP contribution in [0.4, 0.5) is 11.4 Å². The summed E-state index contributed by atoms with van der Waals surface area (Å²) in [6, 6.07) is 5.33. The summed E-state index contributed by atoms with van der Waals surface area (Å²) >= 11 is 0. The number of hydrogen-bond acceptors (Lipinski definition) is 4. The number of hydrogen-bond donors (Lipinski definition) is 1. The fourth-order valence-electron chi connectivity index (χ4n) is 4.26. The summed E-state index contributed by atoms with van der Waals surface area (Å²) < 4.78 is 0. The van der Waals surface area contributed by atoms with Gasteiger partial charge in [-0.3, -0.25) is 19.3 Å². The molecule has 1 aromatic carbocycles. The smallest absolute Gasteiger partial charge is 0.253 e. The SMILES string of the molecule is CCN(CC)C(=O)c1ccc2c(c1)N(CC(=O)NC(C)C)C(=O)C1CCCCN21. The van der Waals surface area contributed by atoms with E-state index >= 15 is 0 Å². The Hall–Kier alpha value is -2.57. The number of rotatable bonds is 6. The number of nitrogens with zero attached hydrogens (tertiary/aromatic N) is 3. The van der Waals surface area contributed by atoms with Gasteiger partial charge >= 0.3 is 0 Å². The molecule has 0 saturated carbocycles. The molecule has 3 rings (SSSR count). The first-order chi connectivity index (χ1) is 13.9. The maximum absolute atomic E-state index is 13.3. The fourth-order valence-corrected chi connectivity index (χ4v) is 4.26. The molecule has 1 saturated heterocycles. The van der Waals surface area contributed by atoms with E-state index in [0.29, 0.717) is 24.3 Å². The van der Waals surface area contributed by atoms with Crippen molar-refractivity contribution in [3.05, 3.63) is 23.8 Å². The average Bonchev–Trinajstić information content (AvgIpc) is 2.71. The standard InChI is InChI=1S/C22H32N4O3/c1-5-24(6-2)21(28)16-10-11-17-19(13-16)26(14-20(27)23-15(3)4)22(29)18-9-7-8-12-25(17)18/h10-11,13,15,18H,5-9,12,14H2,1-4H3,(H,23,27). The lowest BCUT2D eigenvalue weighted by atomic mass is 9.95. The van der Waals surface area contributed by atoms with Crippen LogP contribution in [-0.2, 0) is 9.59 Å². The number of carbonyl (C=O) groups excluding carboxylic acids is 3. The molecule has 158 valence electrons. The number of anilines is 2. The van der Waals surface area contributed by atoms with Gasteiger partial charge in [0.2, 0.25) is 11.8 Å². The predicted octanol–water partition coefficient (Wildman–Crippen LogP) is 2.40. The van der Waals surface area contributed by atoms with E-state index in [1.807, 2.05) is 39.8 Å². The molecule has 1 aromatic rings. The van der Waals surface area contributed by atoms with E-state index in [-0.39, 0.29) is 36.3 Å². The van der Waals surface area contributed by atoms with Crippen LogP contribution in [0.1, 0.15) is 57.3 Å². The van der Waals surface area contributed by atoms with Crippen molar-refractivity contribution in [2.24, 2.45) is 0 Å². The van der Waals surface area contributed by atoms with Gasteiger partial charge in [0.1, 0.15) is 12.6 Å². The zero-order chi connectivity index (χ0) is 21.1. The van der Waals surface area contributed by atoms with Crippen molar-refractivity contribution in [3.63, 3.8) is 0 Å².